The molecular weight excluding hydrogens is 528 g/mol. The fraction of sp³-hybridized carbons (Fsp3) is 0.852. The molecule has 8 atom stereocenters. The van der Waals surface area contributed by atoms with Crippen molar-refractivity contribution in [3.8, 4) is 0 Å². The first-order valence-electron chi connectivity index (χ1n) is 12.1. The second kappa shape index (κ2) is 11.6. The zero-order chi connectivity index (χ0) is 27.0. The number of Topliss-reactive ketones (excluding diaryl/α,β-unsaturated/α-hetero) is 1. The molecule has 4 heterocycles. The number of carboxylic acid groups (broad SMARTS) is 1. The van der Waals surface area contributed by atoms with Gasteiger partial charge in [0.05, 0.1) is 8.07 Å². The summed E-state index contributed by atoms with van der Waals surface area (Å²) in [5.41, 5.74) is -0.161. The van der Waals surface area contributed by atoms with E-state index in [0.29, 0.717) is 0 Å². The minimum atomic E-state index is -1.72. The Morgan fingerprint density at radius 2 is 1.31 bits per heavy atom. The number of fused-ring (bicyclic) bond motifs is 3. The van der Waals surface area contributed by atoms with Gasteiger partial charge in [0.2, 0.25) is 0 Å². The van der Waals surface area contributed by atoms with Crippen LogP contribution in [0.3, 0.4) is 0 Å². The van der Waals surface area contributed by atoms with Crippen LogP contribution in [0.4, 0.5) is 0 Å². The molecular formula is C27H50O11Si. The molecule has 4 saturated heterocycles. The minimum absolute atomic E-state index is 0. The molecule has 12 heteroatoms. The van der Waals surface area contributed by atoms with Crippen molar-refractivity contribution in [3.05, 3.63) is 10.8 Å². The average Bonchev–Trinajstić information content (AvgIpc) is 3.43. The first-order valence-corrected chi connectivity index (χ1v) is 15.6. The van der Waals surface area contributed by atoms with Crippen molar-refractivity contribution in [2.75, 3.05) is 14.2 Å². The average molecular weight is 579 g/mol. The first kappa shape index (κ1) is 35.8. The number of hydrogen-bond donors (Lipinski definition) is 1. The zero-order valence-corrected chi connectivity index (χ0v) is 23.6. The van der Waals surface area contributed by atoms with E-state index in [2.05, 4.69) is 19.6 Å². The van der Waals surface area contributed by atoms with Gasteiger partial charge in [0.1, 0.15) is 24.4 Å². The quantitative estimate of drug-likeness (QED) is 0.488. The fourth-order valence-electron chi connectivity index (χ4n) is 5.98. The van der Waals surface area contributed by atoms with Gasteiger partial charge in [-0.2, -0.15) is 0 Å². The number of carboxylic acids is 1. The van der Waals surface area contributed by atoms with Crippen molar-refractivity contribution >= 4 is 19.8 Å². The maximum absolute atomic E-state index is 12.7. The van der Waals surface area contributed by atoms with Crippen LogP contribution in [0.1, 0.15) is 56.9 Å². The van der Waals surface area contributed by atoms with Gasteiger partial charge in [-0.25, -0.2) is 4.79 Å². The van der Waals surface area contributed by atoms with Gasteiger partial charge < -0.3 is 43.0 Å². The Hall–Kier alpha value is -1.22. The Morgan fingerprint density at radius 3 is 1.79 bits per heavy atom. The monoisotopic (exact) mass is 578 g/mol. The number of methoxy groups -OCH3 is 2. The molecule has 0 radical (unpaired) electrons. The van der Waals surface area contributed by atoms with E-state index in [1.54, 1.807) is 21.0 Å². The third-order valence-electron chi connectivity index (χ3n) is 6.99. The van der Waals surface area contributed by atoms with Gasteiger partial charge in [0.25, 0.3) is 0 Å². The molecule has 11 nitrogen and oxygen atoms in total. The van der Waals surface area contributed by atoms with Crippen LogP contribution in [0.25, 0.3) is 0 Å². The molecule has 0 aromatic rings. The molecule has 0 bridgehead atoms. The molecule has 4 fully saturated rings. The number of hydrogen-bond acceptors (Lipinski definition) is 10. The van der Waals surface area contributed by atoms with Gasteiger partial charge in [-0.1, -0.05) is 41.9 Å². The van der Waals surface area contributed by atoms with Crippen molar-refractivity contribution in [1.82, 2.24) is 0 Å². The van der Waals surface area contributed by atoms with Crippen LogP contribution in [-0.4, -0.2) is 99.4 Å². The van der Waals surface area contributed by atoms with Crippen molar-refractivity contribution in [3.63, 3.8) is 0 Å². The molecule has 1 aliphatic carbocycles. The lowest BCUT2D eigenvalue weighted by atomic mass is 9.76. The highest BCUT2D eigenvalue weighted by Gasteiger charge is 2.73. The Balaban J connectivity index is 0.000000379. The second-order valence-corrected chi connectivity index (χ2v) is 16.6. The van der Waals surface area contributed by atoms with Gasteiger partial charge in [-0.15, -0.1) is 0 Å². The van der Waals surface area contributed by atoms with E-state index in [1.807, 2.05) is 20.8 Å². The van der Waals surface area contributed by atoms with Gasteiger partial charge in [0, 0.05) is 14.2 Å². The summed E-state index contributed by atoms with van der Waals surface area (Å²) in [6, 6.07) is 0. The van der Waals surface area contributed by atoms with E-state index in [0.717, 1.165) is 10.8 Å². The maximum atomic E-state index is 12.7. The molecule has 228 valence electrons. The van der Waals surface area contributed by atoms with E-state index >= 15 is 0 Å². The first-order chi connectivity index (χ1) is 16.5. The lowest BCUT2D eigenvalue weighted by molar-refractivity contribution is -0.240. The smallest absolute Gasteiger partial charge is 0.335 e. The highest BCUT2D eigenvalue weighted by molar-refractivity contribution is 6.85. The molecule has 0 aromatic carbocycles. The summed E-state index contributed by atoms with van der Waals surface area (Å²) in [5.74, 6) is -2.55. The normalized spacial score (nSPS) is 38.9. The van der Waals surface area contributed by atoms with Crippen molar-refractivity contribution in [2.24, 2.45) is 0 Å². The standard InChI is InChI=1S/C15H24O5Si.C9H14O6.3CH4/c1-8-10(16)15(12(8)21(5,6)7)11-9(13(17-4)20-15)18-14(2,3)19-11;1-9(2)14-4-5(7(10)11)13-8(12-3)6(4)15-9;;;/h9,11,13H,1-7H3;4-6,8H,1-3H3,(H,10,11);3*1H4/t9?,11-,13-,15-;4-,5+,6-,8-;;;/m11.../s1. The Kier molecular flexibility index (Phi) is 10.6. The van der Waals surface area contributed by atoms with Crippen LogP contribution < -0.4 is 0 Å². The number of ether oxygens (including phenoxy) is 8. The van der Waals surface area contributed by atoms with E-state index in [1.165, 1.54) is 7.11 Å². The number of ketones is 1. The third kappa shape index (κ3) is 5.77. The zero-order valence-electron chi connectivity index (χ0n) is 22.6. The van der Waals surface area contributed by atoms with Gasteiger partial charge >= 0.3 is 5.97 Å². The molecule has 1 spiro atoms. The highest BCUT2D eigenvalue weighted by atomic mass is 28.3. The molecule has 0 amide bonds. The van der Waals surface area contributed by atoms with Crippen LogP contribution in [0.2, 0.25) is 19.6 Å². The summed E-state index contributed by atoms with van der Waals surface area (Å²) in [5, 5.41) is 10.1. The lowest BCUT2D eigenvalue weighted by Crippen LogP contribution is -2.64. The van der Waals surface area contributed by atoms with E-state index < -0.39 is 68.2 Å². The largest absolute Gasteiger partial charge is 0.479 e. The van der Waals surface area contributed by atoms with Crippen LogP contribution in [0.5, 0.6) is 0 Å². The maximum Gasteiger partial charge on any atom is 0.335 e. The van der Waals surface area contributed by atoms with Crippen LogP contribution in [0.15, 0.2) is 10.8 Å². The molecule has 1 N–H and O–H groups in total. The SMILES string of the molecule is C.C.C.CO[C@@H]1O[C@H](C(=O)O)[C@H]2OC(C)(C)O[C@@H]12.CO[C@@H]1O[C@]2(C(=O)C(C)=C2[Si](C)(C)C)[C@@H]2OC(C)(C)OC12. The van der Waals surface area contributed by atoms with Gasteiger partial charge in [-0.3, -0.25) is 4.79 Å². The summed E-state index contributed by atoms with van der Waals surface area (Å²) >= 11 is 0. The summed E-state index contributed by atoms with van der Waals surface area (Å²) in [7, 11) is 1.30. The minimum Gasteiger partial charge on any atom is -0.479 e. The molecule has 0 saturated carbocycles. The van der Waals surface area contributed by atoms with Gasteiger partial charge in [0.15, 0.2) is 41.6 Å². The van der Waals surface area contributed by atoms with E-state index in [4.69, 9.17) is 43.0 Å². The summed E-state index contributed by atoms with van der Waals surface area (Å²) in [6.45, 7) is 15.7. The third-order valence-corrected chi connectivity index (χ3v) is 9.24. The highest BCUT2D eigenvalue weighted by Crippen LogP contribution is 2.56. The van der Waals surface area contributed by atoms with Crippen molar-refractivity contribution in [2.45, 2.75) is 137 Å². The van der Waals surface area contributed by atoms with Gasteiger partial charge in [-0.05, 0) is 45.4 Å². The predicted molar refractivity (Wildman–Crippen MR) is 147 cm³/mol. The second-order valence-electron chi connectivity index (χ2n) is 11.6. The summed E-state index contributed by atoms with van der Waals surface area (Å²) in [4.78, 5) is 23.6. The Labute approximate surface area is 234 Å². The topological polar surface area (TPSA) is 128 Å². The number of carbonyl (C=O) groups is 2. The number of rotatable bonds is 4. The van der Waals surface area contributed by atoms with Crippen LogP contribution >= 0.6 is 0 Å². The Bertz CT molecular complexity index is 956. The summed E-state index contributed by atoms with van der Waals surface area (Å²) in [6.07, 6.45) is -4.16. The summed E-state index contributed by atoms with van der Waals surface area (Å²) < 4.78 is 44.6. The van der Waals surface area contributed by atoms with E-state index in [-0.39, 0.29) is 34.2 Å². The Morgan fingerprint density at radius 1 is 0.821 bits per heavy atom. The van der Waals surface area contributed by atoms with Crippen LogP contribution in [0, 0.1) is 0 Å². The lowest BCUT2D eigenvalue weighted by Gasteiger charge is -2.47. The number of aliphatic carboxylic acids is 1. The predicted octanol–water partition coefficient (Wildman–Crippen LogP) is 3.90. The van der Waals surface area contributed by atoms with E-state index in [9.17, 15) is 9.59 Å². The van der Waals surface area contributed by atoms with Crippen molar-refractivity contribution in [1.29, 1.82) is 0 Å². The fourth-order valence-corrected chi connectivity index (χ4v) is 8.64. The molecule has 39 heavy (non-hydrogen) atoms. The molecule has 4 aliphatic heterocycles. The molecule has 5 aliphatic rings. The molecule has 1 unspecified atom stereocenters. The van der Waals surface area contributed by atoms with Crippen molar-refractivity contribution < 1.29 is 52.6 Å². The molecule has 0 aromatic heterocycles. The number of carbonyl (C=O) groups excluding carboxylic acids is 1. The van der Waals surface area contributed by atoms with Crippen LogP contribution in [-0.2, 0) is 47.5 Å². The molecule has 5 rings (SSSR count).